The molecule has 2 aliphatic rings. The van der Waals surface area contributed by atoms with Gasteiger partial charge in [0.05, 0.1) is 5.69 Å². The number of carbonyl (C=O) groups is 1. The van der Waals surface area contributed by atoms with Crippen molar-refractivity contribution < 1.29 is 13.7 Å². The number of hydrogen-bond acceptors (Lipinski definition) is 4. The van der Waals surface area contributed by atoms with E-state index < -0.39 is 0 Å². The number of amides is 2. The van der Waals surface area contributed by atoms with Gasteiger partial charge in [-0.1, -0.05) is 5.16 Å². The maximum absolute atomic E-state index is 13.3. The fraction of sp³-hybridized carbons (Fsp3) is 0.579. The second-order valence-corrected chi connectivity index (χ2v) is 9.21. The van der Waals surface area contributed by atoms with Crippen LogP contribution < -0.4 is 5.32 Å². The van der Waals surface area contributed by atoms with E-state index in [1.165, 1.54) is 30.7 Å². The number of rotatable bonds is 3. The van der Waals surface area contributed by atoms with Gasteiger partial charge in [-0.15, -0.1) is 0 Å². The summed E-state index contributed by atoms with van der Waals surface area (Å²) in [6, 6.07) is 4.57. The first-order valence-corrected chi connectivity index (χ1v) is 10.2. The van der Waals surface area contributed by atoms with E-state index in [1.807, 2.05) is 16.7 Å². The molecular weight excluding hydrogens is 353 g/mol. The zero-order valence-electron chi connectivity index (χ0n) is 15.0. The summed E-state index contributed by atoms with van der Waals surface area (Å²) in [5, 5.41) is 8.15. The monoisotopic (exact) mass is 377 g/mol. The maximum atomic E-state index is 13.3. The highest BCUT2D eigenvalue weighted by Crippen LogP contribution is 2.37. The average molecular weight is 377 g/mol. The van der Waals surface area contributed by atoms with Crippen LogP contribution in [0.1, 0.15) is 44.2 Å². The number of carbonyl (C=O) groups excluding carboxylic acids is 1. The van der Waals surface area contributed by atoms with Crippen LogP contribution >= 0.6 is 11.8 Å². The van der Waals surface area contributed by atoms with Gasteiger partial charge < -0.3 is 14.7 Å². The van der Waals surface area contributed by atoms with E-state index in [0.717, 1.165) is 30.5 Å². The van der Waals surface area contributed by atoms with Gasteiger partial charge in [-0.25, -0.2) is 9.18 Å². The minimum absolute atomic E-state index is 0.0317. The summed E-state index contributed by atoms with van der Waals surface area (Å²) in [6.07, 6.45) is 4.09. The molecule has 0 spiro atoms. The van der Waals surface area contributed by atoms with E-state index in [0.29, 0.717) is 18.7 Å². The Labute approximate surface area is 156 Å². The normalized spacial score (nSPS) is 24.3. The summed E-state index contributed by atoms with van der Waals surface area (Å²) >= 11 is 1.96. The van der Waals surface area contributed by atoms with E-state index >= 15 is 0 Å². The Hall–Kier alpha value is -1.76. The van der Waals surface area contributed by atoms with E-state index in [4.69, 9.17) is 4.52 Å². The summed E-state index contributed by atoms with van der Waals surface area (Å²) in [4.78, 5) is 14.4. The third-order valence-electron chi connectivity index (χ3n) is 5.54. The van der Waals surface area contributed by atoms with Crippen molar-refractivity contribution >= 4 is 28.8 Å². The van der Waals surface area contributed by atoms with Crippen molar-refractivity contribution in [2.24, 2.45) is 0 Å². The quantitative estimate of drug-likeness (QED) is 0.873. The van der Waals surface area contributed by atoms with Gasteiger partial charge in [0.15, 0.2) is 5.58 Å². The highest BCUT2D eigenvalue weighted by Gasteiger charge is 2.32. The van der Waals surface area contributed by atoms with Gasteiger partial charge in [0.1, 0.15) is 5.82 Å². The molecule has 2 aliphatic heterocycles. The molecule has 3 heterocycles. The molecule has 1 unspecified atom stereocenters. The van der Waals surface area contributed by atoms with Crippen molar-refractivity contribution in [2.45, 2.75) is 43.3 Å². The molecule has 1 N–H and O–H groups in total. The van der Waals surface area contributed by atoms with Gasteiger partial charge in [0, 0.05) is 41.8 Å². The Balaban J connectivity index is 1.34. The molecule has 0 radical (unpaired) electrons. The van der Waals surface area contributed by atoms with Gasteiger partial charge in [0.25, 0.3) is 0 Å². The molecule has 0 saturated carbocycles. The molecule has 0 aliphatic carbocycles. The van der Waals surface area contributed by atoms with Crippen LogP contribution in [-0.4, -0.2) is 46.2 Å². The van der Waals surface area contributed by atoms with Crippen molar-refractivity contribution in [3.63, 3.8) is 0 Å². The summed E-state index contributed by atoms with van der Waals surface area (Å²) in [5.41, 5.74) is 1.37. The number of benzene rings is 1. The fourth-order valence-electron chi connectivity index (χ4n) is 3.93. The van der Waals surface area contributed by atoms with Crippen molar-refractivity contribution in [2.75, 3.05) is 25.4 Å². The number of hydrogen-bond donors (Lipinski definition) is 1. The lowest BCUT2D eigenvalue weighted by atomic mass is 9.92. The highest BCUT2D eigenvalue weighted by atomic mass is 32.2. The average Bonchev–Trinajstić information content (AvgIpc) is 3.26. The predicted octanol–water partition coefficient (Wildman–Crippen LogP) is 4.14. The van der Waals surface area contributed by atoms with Crippen LogP contribution in [0, 0.1) is 5.82 Å². The molecule has 5 nitrogen and oxygen atoms in total. The molecule has 2 aromatic rings. The number of nitrogens with zero attached hydrogens (tertiary/aromatic N) is 2. The third-order valence-corrected chi connectivity index (χ3v) is 7.08. The zero-order valence-corrected chi connectivity index (χ0v) is 15.8. The second kappa shape index (κ2) is 7.10. The SMILES string of the molecule is CC1(CNC(=O)N2CCC(c3noc4cc(F)ccc34)CC2)CCCS1. The van der Waals surface area contributed by atoms with Crippen molar-refractivity contribution in [3.8, 4) is 0 Å². The minimum atomic E-state index is -0.319. The standard InChI is InChI=1S/C19H24FN3O2S/c1-19(7-2-10-26-19)12-21-18(24)23-8-5-13(6-9-23)17-15-4-3-14(20)11-16(15)25-22-17/h3-4,11,13H,2,5-10,12H2,1H3,(H,21,24). The Kier molecular flexibility index (Phi) is 4.82. The van der Waals surface area contributed by atoms with Crippen LogP contribution in [0.3, 0.4) is 0 Å². The summed E-state index contributed by atoms with van der Waals surface area (Å²) in [7, 11) is 0. The Morgan fingerprint density at radius 2 is 2.27 bits per heavy atom. The summed E-state index contributed by atoms with van der Waals surface area (Å²) in [6.45, 7) is 4.37. The van der Waals surface area contributed by atoms with Crippen LogP contribution in [-0.2, 0) is 0 Å². The molecule has 140 valence electrons. The number of aromatic nitrogens is 1. The fourth-order valence-corrected chi connectivity index (χ4v) is 5.18. The van der Waals surface area contributed by atoms with Gasteiger partial charge in [-0.05, 0) is 50.5 Å². The molecule has 1 aromatic heterocycles. The van der Waals surface area contributed by atoms with Crippen molar-refractivity contribution in [3.05, 3.63) is 29.7 Å². The van der Waals surface area contributed by atoms with Crippen LogP contribution in [0.4, 0.5) is 9.18 Å². The second-order valence-electron chi connectivity index (χ2n) is 7.53. The van der Waals surface area contributed by atoms with E-state index in [2.05, 4.69) is 17.4 Å². The predicted molar refractivity (Wildman–Crippen MR) is 101 cm³/mol. The first-order chi connectivity index (χ1) is 12.5. The molecule has 2 amide bonds. The van der Waals surface area contributed by atoms with Gasteiger partial charge >= 0.3 is 6.03 Å². The molecule has 2 fully saturated rings. The highest BCUT2D eigenvalue weighted by molar-refractivity contribution is 8.00. The Bertz CT molecular complexity index is 795. The minimum Gasteiger partial charge on any atom is -0.356 e. The number of urea groups is 1. The largest absolute Gasteiger partial charge is 0.356 e. The number of nitrogens with one attached hydrogen (secondary N) is 1. The Morgan fingerprint density at radius 1 is 1.46 bits per heavy atom. The lowest BCUT2D eigenvalue weighted by Crippen LogP contribution is -2.47. The maximum Gasteiger partial charge on any atom is 0.317 e. The van der Waals surface area contributed by atoms with Crippen molar-refractivity contribution in [1.82, 2.24) is 15.4 Å². The van der Waals surface area contributed by atoms with Crippen LogP contribution in [0.5, 0.6) is 0 Å². The Morgan fingerprint density at radius 3 is 3.00 bits per heavy atom. The first kappa shape index (κ1) is 17.6. The van der Waals surface area contributed by atoms with E-state index in [9.17, 15) is 9.18 Å². The molecule has 7 heteroatoms. The zero-order chi connectivity index (χ0) is 18.1. The lowest BCUT2D eigenvalue weighted by Gasteiger charge is -2.32. The van der Waals surface area contributed by atoms with Gasteiger partial charge in [-0.2, -0.15) is 11.8 Å². The smallest absolute Gasteiger partial charge is 0.317 e. The van der Waals surface area contributed by atoms with Crippen LogP contribution in [0.25, 0.3) is 11.0 Å². The lowest BCUT2D eigenvalue weighted by molar-refractivity contribution is 0.179. The summed E-state index contributed by atoms with van der Waals surface area (Å²) in [5.74, 6) is 1.11. The van der Waals surface area contributed by atoms with Gasteiger partial charge in [0.2, 0.25) is 0 Å². The molecule has 4 rings (SSSR count). The number of halogens is 1. The third kappa shape index (κ3) is 3.54. The number of thioether (sulfide) groups is 1. The molecule has 26 heavy (non-hydrogen) atoms. The van der Waals surface area contributed by atoms with Crippen molar-refractivity contribution in [1.29, 1.82) is 0 Å². The van der Waals surface area contributed by atoms with E-state index in [1.54, 1.807) is 6.07 Å². The molecule has 2 saturated heterocycles. The number of likely N-dealkylation sites (tertiary alicyclic amines) is 1. The van der Waals surface area contributed by atoms with Gasteiger partial charge in [-0.3, -0.25) is 0 Å². The molecule has 1 aromatic carbocycles. The molecular formula is C19H24FN3O2S. The first-order valence-electron chi connectivity index (χ1n) is 9.26. The number of fused-ring (bicyclic) bond motifs is 1. The van der Waals surface area contributed by atoms with Crippen LogP contribution in [0.2, 0.25) is 0 Å². The van der Waals surface area contributed by atoms with Crippen LogP contribution in [0.15, 0.2) is 22.7 Å². The molecule has 1 atom stereocenters. The topological polar surface area (TPSA) is 58.4 Å². The molecule has 0 bridgehead atoms. The van der Waals surface area contributed by atoms with E-state index in [-0.39, 0.29) is 22.5 Å². The number of piperidine rings is 1. The summed E-state index contributed by atoms with van der Waals surface area (Å²) < 4.78 is 18.8.